The maximum Gasteiger partial charge on any atom is 0.253 e. The van der Waals surface area contributed by atoms with Crippen molar-refractivity contribution in [1.82, 2.24) is 24.9 Å². The van der Waals surface area contributed by atoms with Crippen LogP contribution < -0.4 is 10.2 Å². The Morgan fingerprint density at radius 1 is 1.23 bits per heavy atom. The number of thioether (sulfide) groups is 1. The topological polar surface area (TPSA) is 92.5 Å². The first-order valence-corrected chi connectivity index (χ1v) is 11.6. The lowest BCUT2D eigenvalue weighted by molar-refractivity contribution is -0.121. The molecule has 3 heterocycles. The summed E-state index contributed by atoms with van der Waals surface area (Å²) in [5, 5.41) is 8.08. The van der Waals surface area contributed by atoms with Crippen LogP contribution in [0.4, 0.5) is 5.69 Å². The van der Waals surface area contributed by atoms with Gasteiger partial charge in [0.15, 0.2) is 0 Å². The second kappa shape index (κ2) is 9.05. The average Bonchev–Trinajstić information content (AvgIpc) is 3.19. The number of amides is 2. The van der Waals surface area contributed by atoms with Crippen molar-refractivity contribution in [2.45, 2.75) is 51.2 Å². The van der Waals surface area contributed by atoms with E-state index in [2.05, 4.69) is 20.4 Å². The van der Waals surface area contributed by atoms with Crippen LogP contribution in [0, 0.1) is 13.8 Å². The first-order valence-electron chi connectivity index (χ1n) is 10.4. The maximum absolute atomic E-state index is 12.7. The van der Waals surface area contributed by atoms with E-state index in [9.17, 15) is 9.59 Å². The number of anilines is 1. The zero-order chi connectivity index (χ0) is 22.0. The van der Waals surface area contributed by atoms with Crippen molar-refractivity contribution in [2.24, 2.45) is 0 Å². The number of hydrogen-bond donors (Lipinski definition) is 1. The Morgan fingerprint density at radius 3 is 2.84 bits per heavy atom. The summed E-state index contributed by atoms with van der Waals surface area (Å²) >= 11 is 1.46. The van der Waals surface area contributed by atoms with Gasteiger partial charge in [-0.2, -0.15) is 4.98 Å². The molecule has 0 aliphatic carbocycles. The van der Waals surface area contributed by atoms with E-state index in [1.165, 1.54) is 11.8 Å². The second-order valence-corrected chi connectivity index (χ2v) is 8.47. The molecule has 0 radical (unpaired) electrons. The molecule has 2 amide bonds. The SMILES string of the molecule is CSc1nc2nc(C)c(CC(=O)NCc3cccc(N4CCCCC4=O)c3)c(C)n2n1. The van der Waals surface area contributed by atoms with Crippen LogP contribution in [0.15, 0.2) is 29.4 Å². The molecule has 2 aromatic heterocycles. The Kier molecular flexibility index (Phi) is 6.22. The Bertz CT molecular complexity index is 1140. The molecule has 31 heavy (non-hydrogen) atoms. The van der Waals surface area contributed by atoms with E-state index in [1.807, 2.05) is 49.3 Å². The lowest BCUT2D eigenvalue weighted by Gasteiger charge is -2.27. The largest absolute Gasteiger partial charge is 0.352 e. The molecule has 1 aliphatic heterocycles. The summed E-state index contributed by atoms with van der Waals surface area (Å²) in [5.74, 6) is 0.628. The van der Waals surface area contributed by atoms with E-state index in [4.69, 9.17) is 0 Å². The molecule has 1 saturated heterocycles. The van der Waals surface area contributed by atoms with Crippen LogP contribution in [0.25, 0.3) is 5.78 Å². The van der Waals surface area contributed by atoms with Gasteiger partial charge in [-0.25, -0.2) is 9.50 Å². The number of rotatable bonds is 6. The molecular weight excluding hydrogens is 412 g/mol. The first kappa shape index (κ1) is 21.3. The number of nitrogens with zero attached hydrogens (tertiary/aromatic N) is 5. The molecule has 1 aliphatic rings. The minimum absolute atomic E-state index is 0.0861. The molecule has 3 aromatic rings. The fourth-order valence-corrected chi connectivity index (χ4v) is 4.21. The lowest BCUT2D eigenvalue weighted by atomic mass is 10.1. The number of benzene rings is 1. The van der Waals surface area contributed by atoms with Gasteiger partial charge in [-0.05, 0) is 50.6 Å². The zero-order valence-electron chi connectivity index (χ0n) is 18.0. The quantitative estimate of drug-likeness (QED) is 0.595. The van der Waals surface area contributed by atoms with Crippen LogP contribution in [0.1, 0.15) is 41.8 Å². The highest BCUT2D eigenvalue weighted by atomic mass is 32.2. The van der Waals surface area contributed by atoms with Gasteiger partial charge in [0, 0.05) is 42.1 Å². The molecule has 0 bridgehead atoms. The highest BCUT2D eigenvalue weighted by Gasteiger charge is 2.20. The Labute approximate surface area is 185 Å². The van der Waals surface area contributed by atoms with Crippen molar-refractivity contribution in [1.29, 1.82) is 0 Å². The molecule has 162 valence electrons. The van der Waals surface area contributed by atoms with Crippen molar-refractivity contribution < 1.29 is 9.59 Å². The van der Waals surface area contributed by atoms with E-state index in [0.29, 0.717) is 23.9 Å². The molecule has 1 aromatic carbocycles. The molecule has 1 N–H and O–H groups in total. The predicted octanol–water partition coefficient (Wildman–Crippen LogP) is 2.84. The highest BCUT2D eigenvalue weighted by Crippen LogP contribution is 2.22. The van der Waals surface area contributed by atoms with E-state index in [-0.39, 0.29) is 18.2 Å². The Balaban J connectivity index is 1.44. The average molecular weight is 439 g/mol. The van der Waals surface area contributed by atoms with Crippen molar-refractivity contribution in [3.05, 3.63) is 46.8 Å². The standard InChI is InChI=1S/C22H26N6O2S/c1-14-18(15(2)28-21(24-14)25-22(26-28)31-3)12-19(29)23-13-16-7-6-8-17(11-16)27-10-5-4-9-20(27)30/h6-8,11H,4-5,9-10,12-13H2,1-3H3,(H,23,29). The Morgan fingerprint density at radius 2 is 2.06 bits per heavy atom. The molecule has 4 rings (SSSR count). The van der Waals surface area contributed by atoms with Crippen molar-refractivity contribution in [3.63, 3.8) is 0 Å². The van der Waals surface area contributed by atoms with E-state index in [1.54, 1.807) is 4.52 Å². The summed E-state index contributed by atoms with van der Waals surface area (Å²) in [5.41, 5.74) is 4.37. The highest BCUT2D eigenvalue weighted by molar-refractivity contribution is 7.98. The Hall–Kier alpha value is -2.94. The number of nitrogens with one attached hydrogen (secondary N) is 1. The molecule has 0 atom stereocenters. The first-order chi connectivity index (χ1) is 15.0. The molecule has 9 heteroatoms. The van der Waals surface area contributed by atoms with Crippen LogP contribution in [0.2, 0.25) is 0 Å². The van der Waals surface area contributed by atoms with Gasteiger partial charge in [-0.15, -0.1) is 5.10 Å². The van der Waals surface area contributed by atoms with Gasteiger partial charge in [0.25, 0.3) is 5.78 Å². The molecule has 8 nitrogen and oxygen atoms in total. The summed E-state index contributed by atoms with van der Waals surface area (Å²) in [6.07, 6.45) is 4.72. The monoisotopic (exact) mass is 438 g/mol. The third-order valence-corrected chi connectivity index (χ3v) is 6.12. The van der Waals surface area contributed by atoms with Crippen LogP contribution >= 0.6 is 11.8 Å². The molecule has 0 unspecified atom stereocenters. The minimum atomic E-state index is -0.0861. The smallest absolute Gasteiger partial charge is 0.253 e. The fraction of sp³-hybridized carbons (Fsp3) is 0.409. The van der Waals surface area contributed by atoms with Gasteiger partial charge in [0.05, 0.1) is 6.42 Å². The van der Waals surface area contributed by atoms with E-state index >= 15 is 0 Å². The summed E-state index contributed by atoms with van der Waals surface area (Å²) < 4.78 is 1.69. The van der Waals surface area contributed by atoms with Gasteiger partial charge in [0.1, 0.15) is 0 Å². The van der Waals surface area contributed by atoms with Gasteiger partial charge in [0.2, 0.25) is 17.0 Å². The lowest BCUT2D eigenvalue weighted by Crippen LogP contribution is -2.35. The number of piperidine rings is 1. The van der Waals surface area contributed by atoms with Crippen LogP contribution in [0.3, 0.4) is 0 Å². The molecule has 1 fully saturated rings. The van der Waals surface area contributed by atoms with E-state index < -0.39 is 0 Å². The normalized spacial score (nSPS) is 14.3. The van der Waals surface area contributed by atoms with Crippen molar-refractivity contribution in [2.75, 3.05) is 17.7 Å². The maximum atomic E-state index is 12.7. The van der Waals surface area contributed by atoms with Crippen LogP contribution in [-0.2, 0) is 22.6 Å². The third-order valence-electron chi connectivity index (χ3n) is 5.58. The summed E-state index contributed by atoms with van der Waals surface area (Å²) in [4.78, 5) is 35.6. The van der Waals surface area contributed by atoms with Gasteiger partial charge < -0.3 is 10.2 Å². The van der Waals surface area contributed by atoms with Gasteiger partial charge >= 0.3 is 0 Å². The number of aryl methyl sites for hydroxylation is 2. The zero-order valence-corrected chi connectivity index (χ0v) is 18.8. The van der Waals surface area contributed by atoms with Crippen LogP contribution in [0.5, 0.6) is 0 Å². The van der Waals surface area contributed by atoms with Crippen molar-refractivity contribution >= 4 is 35.0 Å². The molecular formula is C22H26N6O2S. The fourth-order valence-electron chi connectivity index (χ4n) is 3.87. The minimum Gasteiger partial charge on any atom is -0.352 e. The summed E-state index contributed by atoms with van der Waals surface area (Å²) in [6, 6.07) is 7.82. The number of carbonyl (C=O) groups is 2. The molecule has 0 spiro atoms. The number of carbonyl (C=O) groups excluding carboxylic acids is 2. The van der Waals surface area contributed by atoms with Crippen molar-refractivity contribution in [3.8, 4) is 0 Å². The van der Waals surface area contributed by atoms with E-state index in [0.717, 1.165) is 47.6 Å². The predicted molar refractivity (Wildman–Crippen MR) is 120 cm³/mol. The second-order valence-electron chi connectivity index (χ2n) is 7.70. The summed E-state index contributed by atoms with van der Waals surface area (Å²) in [6.45, 7) is 4.98. The number of fused-ring (bicyclic) bond motifs is 1. The van der Waals surface area contributed by atoms with Gasteiger partial charge in [-0.3, -0.25) is 9.59 Å². The molecule has 0 saturated carbocycles. The van der Waals surface area contributed by atoms with Crippen LogP contribution in [-0.4, -0.2) is 44.2 Å². The number of hydrogen-bond acceptors (Lipinski definition) is 6. The summed E-state index contributed by atoms with van der Waals surface area (Å²) in [7, 11) is 0. The number of aromatic nitrogens is 4. The van der Waals surface area contributed by atoms with Gasteiger partial charge in [-0.1, -0.05) is 23.9 Å². The third kappa shape index (κ3) is 4.56.